The second kappa shape index (κ2) is 10.1. The summed E-state index contributed by atoms with van der Waals surface area (Å²) in [5.74, 6) is 6.82. The van der Waals surface area contributed by atoms with Crippen molar-refractivity contribution in [3.63, 3.8) is 0 Å². The number of hydrogen-bond acceptors (Lipinski definition) is 4. The highest BCUT2D eigenvalue weighted by molar-refractivity contribution is 7.88. The van der Waals surface area contributed by atoms with Crippen LogP contribution in [-0.4, -0.2) is 60.4 Å². The molecule has 0 radical (unpaired) electrons. The van der Waals surface area contributed by atoms with Gasteiger partial charge < -0.3 is 10.0 Å². The molecule has 6 nitrogen and oxygen atoms in total. The molecule has 1 aliphatic carbocycles. The molecule has 2 saturated heterocycles. The number of carbonyl (C=O) groups excluding carboxylic acids is 1. The molecule has 0 bridgehead atoms. The van der Waals surface area contributed by atoms with Crippen LogP contribution in [0.1, 0.15) is 54.7 Å². The number of nitrogens with zero attached hydrogens (tertiary/aromatic N) is 2. The van der Waals surface area contributed by atoms with Gasteiger partial charge in [0.05, 0.1) is 31.0 Å². The van der Waals surface area contributed by atoms with E-state index in [1.54, 1.807) is 17.0 Å². The fraction of sp³-hybridized carbons (Fsp3) is 0.464. The Morgan fingerprint density at radius 1 is 1.00 bits per heavy atom. The van der Waals surface area contributed by atoms with Gasteiger partial charge in [-0.25, -0.2) is 8.42 Å². The molecule has 3 aliphatic rings. The first-order chi connectivity index (χ1) is 17.0. The van der Waals surface area contributed by atoms with Gasteiger partial charge in [0, 0.05) is 24.4 Å². The topological polar surface area (TPSA) is 77.9 Å². The van der Waals surface area contributed by atoms with Gasteiger partial charge in [0.2, 0.25) is 15.9 Å². The highest BCUT2D eigenvalue weighted by Gasteiger charge is 2.55. The zero-order chi connectivity index (χ0) is 24.4. The van der Waals surface area contributed by atoms with E-state index in [2.05, 4.69) is 11.8 Å². The molecule has 35 heavy (non-hydrogen) atoms. The molecule has 7 heteroatoms. The van der Waals surface area contributed by atoms with Crippen LogP contribution in [0.5, 0.6) is 0 Å². The van der Waals surface area contributed by atoms with Crippen molar-refractivity contribution in [1.29, 1.82) is 0 Å². The molecule has 0 aromatic heterocycles. The molecule has 184 valence electrons. The van der Waals surface area contributed by atoms with E-state index < -0.39 is 10.0 Å². The Morgan fingerprint density at radius 2 is 1.71 bits per heavy atom. The molecular weight excluding hydrogens is 460 g/mol. The van der Waals surface area contributed by atoms with E-state index in [1.807, 2.05) is 42.5 Å². The fourth-order valence-electron chi connectivity index (χ4n) is 5.86. The van der Waals surface area contributed by atoms with Crippen LogP contribution in [0.2, 0.25) is 0 Å². The van der Waals surface area contributed by atoms with Gasteiger partial charge in [-0.15, -0.1) is 0 Å². The highest BCUT2D eigenvalue weighted by atomic mass is 32.2. The SMILES string of the molecule is O=C1CN(S(=O)(=O)Cc2ccccc2)C[C@@H]2[C@@H](c3ccc(C#CCC4CCCC4)cc3)[C@H](CO)N12. The lowest BCUT2D eigenvalue weighted by Gasteiger charge is -2.58. The van der Waals surface area contributed by atoms with Crippen LogP contribution in [0.3, 0.4) is 0 Å². The maximum atomic E-state index is 13.1. The molecular formula is C28H32N2O4S. The number of carbonyl (C=O) groups is 1. The second-order valence-corrected chi connectivity index (χ2v) is 11.9. The summed E-state index contributed by atoms with van der Waals surface area (Å²) in [6.45, 7) is -0.0813. The molecule has 2 aromatic carbocycles. The number of sulfonamides is 1. The van der Waals surface area contributed by atoms with Crippen LogP contribution >= 0.6 is 0 Å². The Kier molecular flexibility index (Phi) is 6.97. The number of rotatable bonds is 6. The van der Waals surface area contributed by atoms with E-state index in [9.17, 15) is 18.3 Å². The fourth-order valence-corrected chi connectivity index (χ4v) is 7.34. The summed E-state index contributed by atoms with van der Waals surface area (Å²) >= 11 is 0. The summed E-state index contributed by atoms with van der Waals surface area (Å²) in [5, 5.41) is 10.0. The first kappa shape index (κ1) is 24.1. The largest absolute Gasteiger partial charge is 0.394 e. The van der Waals surface area contributed by atoms with E-state index in [-0.39, 0.29) is 49.4 Å². The number of piperazine rings is 1. The molecule has 1 saturated carbocycles. The van der Waals surface area contributed by atoms with Crippen molar-refractivity contribution in [3.8, 4) is 11.8 Å². The van der Waals surface area contributed by atoms with Crippen LogP contribution in [0.4, 0.5) is 0 Å². The van der Waals surface area contributed by atoms with Crippen molar-refractivity contribution in [2.75, 3.05) is 19.7 Å². The lowest BCUT2D eigenvalue weighted by atomic mass is 9.74. The van der Waals surface area contributed by atoms with Crippen molar-refractivity contribution in [1.82, 2.24) is 9.21 Å². The van der Waals surface area contributed by atoms with Gasteiger partial charge in [0.1, 0.15) is 0 Å². The zero-order valence-corrected chi connectivity index (χ0v) is 20.7. The molecule has 0 spiro atoms. The standard InChI is InChI=1S/C28H32N2O4S/c31-19-26-28(24-15-13-22(14-16-24)12-6-11-21-7-4-5-8-21)25-17-29(18-27(32)30(25)26)35(33,34)20-23-9-2-1-3-10-23/h1-3,9-10,13-16,21,25-26,28,31H,4-5,7-8,11,17-20H2/t25-,26+,28-/m1/s1. The highest BCUT2D eigenvalue weighted by Crippen LogP contribution is 2.43. The van der Waals surface area contributed by atoms with E-state index >= 15 is 0 Å². The number of aliphatic hydroxyl groups is 1. The molecule has 0 unspecified atom stereocenters. The van der Waals surface area contributed by atoms with E-state index in [0.29, 0.717) is 5.56 Å². The maximum Gasteiger partial charge on any atom is 0.238 e. The van der Waals surface area contributed by atoms with Gasteiger partial charge in [-0.3, -0.25) is 4.79 Å². The third-order valence-corrected chi connectivity index (χ3v) is 9.46. The number of benzene rings is 2. The van der Waals surface area contributed by atoms with Gasteiger partial charge in [-0.2, -0.15) is 4.31 Å². The molecule has 5 rings (SSSR count). The number of amides is 1. The minimum Gasteiger partial charge on any atom is -0.394 e. The van der Waals surface area contributed by atoms with Gasteiger partial charge in [0.15, 0.2) is 0 Å². The van der Waals surface area contributed by atoms with Crippen molar-refractivity contribution < 1.29 is 18.3 Å². The van der Waals surface area contributed by atoms with E-state index in [1.165, 1.54) is 30.0 Å². The van der Waals surface area contributed by atoms with Gasteiger partial charge in [0.25, 0.3) is 0 Å². The summed E-state index contributed by atoms with van der Waals surface area (Å²) in [7, 11) is -3.64. The summed E-state index contributed by atoms with van der Waals surface area (Å²) < 4.78 is 27.5. The molecule has 1 amide bonds. The Morgan fingerprint density at radius 3 is 2.40 bits per heavy atom. The first-order valence-corrected chi connectivity index (χ1v) is 14.1. The summed E-state index contributed by atoms with van der Waals surface area (Å²) in [5.41, 5.74) is 2.66. The van der Waals surface area contributed by atoms with Crippen LogP contribution < -0.4 is 0 Å². The van der Waals surface area contributed by atoms with Crippen LogP contribution in [0.25, 0.3) is 0 Å². The third kappa shape index (κ3) is 5.02. The molecule has 3 atom stereocenters. The minimum atomic E-state index is -3.64. The maximum absolute atomic E-state index is 13.1. The van der Waals surface area contributed by atoms with E-state index in [4.69, 9.17) is 0 Å². The van der Waals surface area contributed by atoms with Gasteiger partial charge in [-0.05, 0) is 42.0 Å². The van der Waals surface area contributed by atoms with Crippen molar-refractivity contribution >= 4 is 15.9 Å². The Hall–Kier alpha value is -2.66. The Bertz CT molecular complexity index is 1210. The lowest BCUT2D eigenvalue weighted by molar-refractivity contribution is -0.158. The minimum absolute atomic E-state index is 0.112. The predicted molar refractivity (Wildman–Crippen MR) is 135 cm³/mol. The normalized spacial score (nSPS) is 25.0. The molecule has 3 fully saturated rings. The monoisotopic (exact) mass is 492 g/mol. The van der Waals surface area contributed by atoms with Crippen molar-refractivity contribution in [3.05, 3.63) is 71.3 Å². The van der Waals surface area contributed by atoms with Crippen LogP contribution in [-0.2, 0) is 20.6 Å². The zero-order valence-electron chi connectivity index (χ0n) is 19.8. The third-order valence-electron chi connectivity index (χ3n) is 7.70. The molecule has 2 heterocycles. The van der Waals surface area contributed by atoms with Gasteiger partial charge in [-0.1, -0.05) is 67.1 Å². The average molecular weight is 493 g/mol. The summed E-state index contributed by atoms with van der Waals surface area (Å²) in [4.78, 5) is 14.6. The summed E-state index contributed by atoms with van der Waals surface area (Å²) in [6.07, 6.45) is 6.16. The quantitative estimate of drug-likeness (QED) is 0.629. The molecule has 2 aromatic rings. The predicted octanol–water partition coefficient (Wildman–Crippen LogP) is 3.12. The van der Waals surface area contributed by atoms with E-state index in [0.717, 1.165) is 23.5 Å². The average Bonchev–Trinajstić information content (AvgIpc) is 3.35. The number of hydrogen-bond donors (Lipinski definition) is 1. The second-order valence-electron chi connectivity index (χ2n) is 9.96. The smallest absolute Gasteiger partial charge is 0.238 e. The Labute approximate surface area is 208 Å². The van der Waals surface area contributed by atoms with Gasteiger partial charge >= 0.3 is 0 Å². The molecule has 1 N–H and O–H groups in total. The number of fused-ring (bicyclic) bond motifs is 1. The van der Waals surface area contributed by atoms with Crippen LogP contribution in [0, 0.1) is 17.8 Å². The first-order valence-electron chi connectivity index (χ1n) is 12.5. The molecule has 2 aliphatic heterocycles. The van der Waals surface area contributed by atoms with Crippen LogP contribution in [0.15, 0.2) is 54.6 Å². The lowest BCUT2D eigenvalue weighted by Crippen LogP contribution is -2.73. The Balaban J connectivity index is 1.30. The number of aliphatic hydroxyl groups excluding tert-OH is 1. The summed E-state index contributed by atoms with van der Waals surface area (Å²) in [6, 6.07) is 16.4. The van der Waals surface area contributed by atoms with Crippen molar-refractivity contribution in [2.45, 2.75) is 55.9 Å². The van der Waals surface area contributed by atoms with Crippen molar-refractivity contribution in [2.24, 2.45) is 5.92 Å².